The van der Waals surface area contributed by atoms with E-state index in [0.717, 1.165) is 22.4 Å². The fourth-order valence-electron chi connectivity index (χ4n) is 2.03. The molecule has 0 fully saturated rings. The molecule has 0 unspecified atom stereocenters. The van der Waals surface area contributed by atoms with Crippen LogP contribution in [-0.4, -0.2) is 22.4 Å². The summed E-state index contributed by atoms with van der Waals surface area (Å²) in [5.74, 6) is -0.953. The molecule has 0 saturated heterocycles. The quantitative estimate of drug-likeness (QED) is 0.456. The third-order valence-corrected chi connectivity index (χ3v) is 3.45. The largest absolute Gasteiger partial charge is 0.478 e. The Kier molecular flexibility index (Phi) is 5.43. The first-order valence-electron chi connectivity index (χ1n) is 6.97. The highest BCUT2D eigenvalue weighted by atomic mass is 32.1. The Bertz CT molecular complexity index is 735. The zero-order valence-electron chi connectivity index (χ0n) is 12.8. The van der Waals surface area contributed by atoms with Crippen LogP contribution in [0, 0.1) is 13.8 Å². The number of nitrogens with zero attached hydrogens (tertiary/aromatic N) is 1. The molecule has 0 radical (unpaired) electrons. The van der Waals surface area contributed by atoms with Crippen molar-refractivity contribution in [2.24, 2.45) is 5.10 Å². The maximum atomic E-state index is 10.8. The number of thiocarbonyl (C=S) groups is 1. The number of nitrogens with one attached hydrogen (secondary N) is 2. The van der Waals surface area contributed by atoms with Crippen molar-refractivity contribution in [1.82, 2.24) is 5.43 Å². The number of carbonyl (C=O) groups is 1. The van der Waals surface area contributed by atoms with Crippen molar-refractivity contribution in [3.05, 3.63) is 64.7 Å². The van der Waals surface area contributed by atoms with Gasteiger partial charge in [0, 0.05) is 5.69 Å². The van der Waals surface area contributed by atoms with Gasteiger partial charge in [0.15, 0.2) is 5.11 Å². The van der Waals surface area contributed by atoms with Crippen molar-refractivity contribution in [2.75, 3.05) is 5.32 Å². The fraction of sp³-hybridized carbons (Fsp3) is 0.118. The van der Waals surface area contributed by atoms with Gasteiger partial charge in [-0.2, -0.15) is 5.10 Å². The van der Waals surface area contributed by atoms with E-state index in [-0.39, 0.29) is 5.56 Å². The van der Waals surface area contributed by atoms with Crippen LogP contribution in [0.25, 0.3) is 0 Å². The Morgan fingerprint density at radius 3 is 2.30 bits per heavy atom. The van der Waals surface area contributed by atoms with E-state index in [4.69, 9.17) is 17.3 Å². The molecule has 0 aromatic heterocycles. The molecule has 0 saturated carbocycles. The molecule has 118 valence electrons. The normalized spacial score (nSPS) is 10.5. The van der Waals surface area contributed by atoms with Gasteiger partial charge in [0.2, 0.25) is 0 Å². The minimum atomic E-state index is -0.953. The Morgan fingerprint density at radius 1 is 1.13 bits per heavy atom. The lowest BCUT2D eigenvalue weighted by atomic mass is 10.1. The van der Waals surface area contributed by atoms with Crippen LogP contribution in [0.4, 0.5) is 5.69 Å². The number of aryl methyl sites for hydroxylation is 2. The van der Waals surface area contributed by atoms with Crippen LogP contribution < -0.4 is 10.7 Å². The molecular formula is C17H17N3O2S. The third kappa shape index (κ3) is 4.62. The average Bonchev–Trinajstić information content (AvgIpc) is 2.51. The van der Waals surface area contributed by atoms with Crippen LogP contribution in [0.15, 0.2) is 47.6 Å². The number of hydrogen-bond acceptors (Lipinski definition) is 3. The first kappa shape index (κ1) is 16.6. The van der Waals surface area contributed by atoms with Gasteiger partial charge < -0.3 is 10.4 Å². The van der Waals surface area contributed by atoms with Gasteiger partial charge in [-0.3, -0.25) is 5.43 Å². The highest BCUT2D eigenvalue weighted by molar-refractivity contribution is 7.80. The Balaban J connectivity index is 1.95. The Morgan fingerprint density at radius 2 is 1.74 bits per heavy atom. The standard InChI is InChI=1S/C17H17N3O2S/c1-11-4-3-5-12(2)15(11)19-17(23)20-18-10-13-6-8-14(9-7-13)16(21)22/h3-10H,1-2H3,(H,21,22)(H2,19,20,23). The van der Waals surface area contributed by atoms with E-state index < -0.39 is 5.97 Å². The number of anilines is 1. The number of hydrazone groups is 1. The van der Waals surface area contributed by atoms with Crippen LogP contribution in [0.5, 0.6) is 0 Å². The van der Waals surface area contributed by atoms with E-state index in [1.165, 1.54) is 12.1 Å². The zero-order chi connectivity index (χ0) is 16.8. The van der Waals surface area contributed by atoms with Gasteiger partial charge in [-0.05, 0) is 54.9 Å². The van der Waals surface area contributed by atoms with Gasteiger partial charge in [-0.15, -0.1) is 0 Å². The highest BCUT2D eigenvalue weighted by Gasteiger charge is 2.03. The van der Waals surface area contributed by atoms with Gasteiger partial charge in [-0.1, -0.05) is 30.3 Å². The summed E-state index contributed by atoms with van der Waals surface area (Å²) in [4.78, 5) is 10.8. The van der Waals surface area contributed by atoms with Crippen molar-refractivity contribution in [3.8, 4) is 0 Å². The summed E-state index contributed by atoms with van der Waals surface area (Å²) in [6.45, 7) is 4.01. The van der Waals surface area contributed by atoms with Crippen LogP contribution in [0.1, 0.15) is 27.0 Å². The molecule has 0 bridgehead atoms. The molecule has 0 atom stereocenters. The van der Waals surface area contributed by atoms with Gasteiger partial charge in [0.05, 0.1) is 11.8 Å². The highest BCUT2D eigenvalue weighted by Crippen LogP contribution is 2.19. The molecule has 0 aliphatic rings. The number of aromatic carboxylic acids is 1. The van der Waals surface area contributed by atoms with E-state index in [1.807, 2.05) is 32.0 Å². The van der Waals surface area contributed by atoms with Gasteiger partial charge in [-0.25, -0.2) is 4.79 Å². The SMILES string of the molecule is Cc1cccc(C)c1NC(=S)NN=Cc1ccc(C(=O)O)cc1. The topological polar surface area (TPSA) is 73.7 Å². The lowest BCUT2D eigenvalue weighted by molar-refractivity contribution is 0.0697. The summed E-state index contributed by atoms with van der Waals surface area (Å²) < 4.78 is 0. The average molecular weight is 327 g/mol. The lowest BCUT2D eigenvalue weighted by Gasteiger charge is -2.12. The summed E-state index contributed by atoms with van der Waals surface area (Å²) >= 11 is 5.21. The van der Waals surface area contributed by atoms with Crippen molar-refractivity contribution < 1.29 is 9.90 Å². The van der Waals surface area contributed by atoms with Crippen LogP contribution >= 0.6 is 12.2 Å². The molecule has 5 nitrogen and oxygen atoms in total. The molecule has 2 aromatic carbocycles. The number of rotatable bonds is 4. The molecule has 0 heterocycles. The number of carboxylic acid groups (broad SMARTS) is 1. The predicted octanol–water partition coefficient (Wildman–Crippen LogP) is 3.32. The first-order valence-corrected chi connectivity index (χ1v) is 7.38. The van der Waals surface area contributed by atoms with Crippen molar-refractivity contribution >= 4 is 35.2 Å². The van der Waals surface area contributed by atoms with Crippen molar-refractivity contribution in [1.29, 1.82) is 0 Å². The first-order chi connectivity index (χ1) is 11.0. The van der Waals surface area contributed by atoms with Gasteiger partial charge in [0.25, 0.3) is 0 Å². The molecule has 0 amide bonds. The summed E-state index contributed by atoms with van der Waals surface area (Å²) in [6.07, 6.45) is 1.57. The third-order valence-electron chi connectivity index (χ3n) is 3.26. The van der Waals surface area contributed by atoms with Crippen LogP contribution in [-0.2, 0) is 0 Å². The molecular weight excluding hydrogens is 310 g/mol. The number of benzene rings is 2. The Labute approximate surface area is 140 Å². The van der Waals surface area contributed by atoms with E-state index in [0.29, 0.717) is 5.11 Å². The smallest absolute Gasteiger partial charge is 0.335 e. The molecule has 0 spiro atoms. The minimum Gasteiger partial charge on any atom is -0.478 e. The van der Waals surface area contributed by atoms with Crippen molar-refractivity contribution in [2.45, 2.75) is 13.8 Å². The van der Waals surface area contributed by atoms with Gasteiger partial charge in [0.1, 0.15) is 0 Å². The van der Waals surface area contributed by atoms with E-state index in [1.54, 1.807) is 18.3 Å². The number of carboxylic acids is 1. The maximum absolute atomic E-state index is 10.8. The van der Waals surface area contributed by atoms with Crippen LogP contribution in [0.2, 0.25) is 0 Å². The molecule has 2 rings (SSSR count). The van der Waals surface area contributed by atoms with Crippen molar-refractivity contribution in [3.63, 3.8) is 0 Å². The molecule has 0 aliphatic carbocycles. The lowest BCUT2D eigenvalue weighted by Crippen LogP contribution is -2.24. The maximum Gasteiger partial charge on any atom is 0.335 e. The van der Waals surface area contributed by atoms with E-state index >= 15 is 0 Å². The van der Waals surface area contributed by atoms with E-state index in [2.05, 4.69) is 15.8 Å². The predicted molar refractivity (Wildman–Crippen MR) is 96.3 cm³/mol. The fourth-order valence-corrected chi connectivity index (χ4v) is 2.19. The summed E-state index contributed by atoms with van der Waals surface area (Å²) in [5.41, 5.74) is 6.92. The minimum absolute atomic E-state index is 0.238. The zero-order valence-corrected chi connectivity index (χ0v) is 13.6. The second-order valence-corrected chi connectivity index (χ2v) is 5.43. The summed E-state index contributed by atoms with van der Waals surface area (Å²) in [5, 5.41) is 16.4. The summed E-state index contributed by atoms with van der Waals surface area (Å²) in [6, 6.07) is 12.4. The van der Waals surface area contributed by atoms with Crippen LogP contribution in [0.3, 0.4) is 0 Å². The Hall–Kier alpha value is -2.73. The molecule has 6 heteroatoms. The second kappa shape index (κ2) is 7.51. The number of hydrogen-bond donors (Lipinski definition) is 3. The van der Waals surface area contributed by atoms with Gasteiger partial charge >= 0.3 is 5.97 Å². The molecule has 2 aromatic rings. The molecule has 23 heavy (non-hydrogen) atoms. The molecule has 3 N–H and O–H groups in total. The monoisotopic (exact) mass is 327 g/mol. The number of para-hydroxylation sites is 1. The molecule has 0 aliphatic heterocycles. The second-order valence-electron chi connectivity index (χ2n) is 5.02. The summed E-state index contributed by atoms with van der Waals surface area (Å²) in [7, 11) is 0. The van der Waals surface area contributed by atoms with E-state index in [9.17, 15) is 4.79 Å².